The Kier molecular flexibility index (Phi) is 19.3. The van der Waals surface area contributed by atoms with Crippen LogP contribution in [0.2, 0.25) is 0 Å². The highest BCUT2D eigenvalue weighted by atomic mass is 32.2. The monoisotopic (exact) mass is 998 g/mol. The number of likely N-dealkylation sites (N-methyl/N-ethyl adjacent to an activating group) is 2. The molecule has 10 atom stereocenters. The lowest BCUT2D eigenvalue weighted by Gasteiger charge is -2.35. The van der Waals surface area contributed by atoms with Crippen LogP contribution >= 0.6 is 23.5 Å². The van der Waals surface area contributed by atoms with Crippen LogP contribution < -0.4 is 31.9 Å². The molecule has 16 nitrogen and oxygen atoms in total. The van der Waals surface area contributed by atoms with Gasteiger partial charge in [-0.25, -0.2) is 0 Å². The fourth-order valence-corrected chi connectivity index (χ4v) is 12.6. The summed E-state index contributed by atoms with van der Waals surface area (Å²) in [7, 11) is 3.38. The maximum absolute atomic E-state index is 14.3. The molecule has 4 fully saturated rings. The van der Waals surface area contributed by atoms with Gasteiger partial charge < -0.3 is 51.2 Å². The van der Waals surface area contributed by atoms with E-state index in [-0.39, 0.29) is 72.6 Å². The van der Waals surface area contributed by atoms with Crippen molar-refractivity contribution in [2.75, 3.05) is 52.0 Å². The molecular weight excluding hydrogens is 929 g/mol. The Morgan fingerprint density at radius 2 is 1.01 bits per heavy atom. The van der Waals surface area contributed by atoms with Crippen molar-refractivity contribution in [3.05, 3.63) is 71.8 Å². The van der Waals surface area contributed by atoms with Crippen LogP contribution in [0, 0.1) is 34.5 Å². The van der Waals surface area contributed by atoms with Gasteiger partial charge in [-0.15, -0.1) is 23.5 Å². The molecule has 0 bridgehead atoms. The first-order valence-electron chi connectivity index (χ1n) is 24.1. The van der Waals surface area contributed by atoms with Gasteiger partial charge >= 0.3 is 0 Å². The second-order valence-corrected chi connectivity index (χ2v) is 22.2. The second kappa shape index (κ2) is 24.8. The van der Waals surface area contributed by atoms with Gasteiger partial charge in [0, 0.05) is 0 Å². The molecule has 2 aromatic carbocycles. The van der Waals surface area contributed by atoms with Gasteiger partial charge in [0.05, 0.1) is 48.1 Å². The number of nitrogens with zero attached hydrogens (tertiary/aromatic N) is 2. The molecule has 6 rings (SSSR count). The summed E-state index contributed by atoms with van der Waals surface area (Å²) in [5, 5.41) is 17.6. The molecular formula is C52H70N8O8S2. The minimum Gasteiger partial charge on any atom is -0.366 e. The third kappa shape index (κ3) is 13.5. The van der Waals surface area contributed by atoms with Crippen LogP contribution in [0.4, 0.5) is 0 Å². The summed E-state index contributed by atoms with van der Waals surface area (Å²) in [6, 6.07) is 14.0. The summed E-state index contributed by atoms with van der Waals surface area (Å²) in [6.07, 6.45) is 2.23. The molecule has 0 saturated carbocycles. The van der Waals surface area contributed by atoms with E-state index in [2.05, 4.69) is 55.6 Å². The van der Waals surface area contributed by atoms with E-state index in [1.54, 1.807) is 61.3 Å². The number of fused-ring (bicyclic) bond motifs is 2. The Morgan fingerprint density at radius 3 is 1.37 bits per heavy atom. The predicted octanol–water partition coefficient (Wildman–Crippen LogP) is 3.11. The Morgan fingerprint density at radius 1 is 0.643 bits per heavy atom. The van der Waals surface area contributed by atoms with Crippen LogP contribution in [0.1, 0.15) is 90.4 Å². The molecule has 0 aromatic heterocycles. The minimum absolute atomic E-state index is 0.0418. The highest BCUT2D eigenvalue weighted by Crippen LogP contribution is 2.48. The molecule has 0 spiro atoms. The normalized spacial score (nSPS) is 25.1. The maximum Gasteiger partial charge on any atom is 0.246 e. The van der Waals surface area contributed by atoms with E-state index in [0.29, 0.717) is 37.2 Å². The first-order valence-corrected chi connectivity index (χ1v) is 26.2. The Labute approximate surface area is 421 Å². The molecule has 4 aliphatic heterocycles. The number of thioether (sulfide) groups is 2. The molecule has 378 valence electrons. The summed E-state index contributed by atoms with van der Waals surface area (Å²) >= 11 is 3.29. The number of carbonyl (C=O) groups excluding carboxylic acids is 6. The lowest BCUT2D eigenvalue weighted by molar-refractivity contribution is -0.144. The lowest BCUT2D eigenvalue weighted by atomic mass is 9.83. The SMILES string of the molecule is CN[C@@H](C)C(=O)N[C@H]1CCS[C@H]2CC(C)(C)[C@@H](C(=O)N[C@H](COCC#CC#CCOC[C@@H](NC(=O)[C@H]3N4C(=O)[C@@H](NC(=O)[C@H](C)NC)CCS[C@H]4CC3(C)C)c3ccccc3)c3ccccc3)N2C1=O. The molecule has 4 aliphatic rings. The Hall–Kier alpha value is -5.08. The second-order valence-electron chi connectivity index (χ2n) is 19.6. The molecule has 0 radical (unpaired) electrons. The quantitative estimate of drug-likeness (QED) is 0.0945. The molecule has 6 N–H and O–H groups in total. The zero-order valence-electron chi connectivity index (χ0n) is 41.6. The number of amides is 6. The zero-order chi connectivity index (χ0) is 50.6. The van der Waals surface area contributed by atoms with Gasteiger partial charge in [-0.1, -0.05) is 100 Å². The maximum atomic E-state index is 14.3. The number of carbonyl (C=O) groups is 6. The van der Waals surface area contributed by atoms with Crippen LogP contribution in [-0.4, -0.2) is 144 Å². The summed E-state index contributed by atoms with van der Waals surface area (Å²) in [5.41, 5.74) is 0.604. The van der Waals surface area contributed by atoms with E-state index < -0.39 is 59.2 Å². The van der Waals surface area contributed by atoms with Crippen molar-refractivity contribution in [2.45, 2.75) is 126 Å². The fourth-order valence-electron chi connectivity index (χ4n) is 9.49. The minimum atomic E-state index is -0.766. The number of hydrogen-bond donors (Lipinski definition) is 6. The first kappa shape index (κ1) is 54.3. The van der Waals surface area contributed by atoms with Crippen molar-refractivity contribution in [2.24, 2.45) is 10.8 Å². The average Bonchev–Trinajstić information content (AvgIpc) is 3.66. The van der Waals surface area contributed by atoms with Crippen molar-refractivity contribution in [3.8, 4) is 23.7 Å². The summed E-state index contributed by atoms with van der Waals surface area (Å²) in [4.78, 5) is 85.8. The van der Waals surface area contributed by atoms with Crippen LogP contribution in [-0.2, 0) is 38.2 Å². The molecule has 0 aliphatic carbocycles. The third-order valence-electron chi connectivity index (χ3n) is 13.6. The third-order valence-corrected chi connectivity index (χ3v) is 16.1. The van der Waals surface area contributed by atoms with E-state index in [1.807, 2.05) is 88.4 Å². The average molecular weight is 999 g/mol. The molecule has 6 amide bonds. The molecule has 0 unspecified atom stereocenters. The topological polar surface area (TPSA) is 200 Å². The Balaban J connectivity index is 1.04. The molecule has 4 heterocycles. The van der Waals surface area contributed by atoms with Crippen LogP contribution in [0.5, 0.6) is 0 Å². The number of nitrogens with one attached hydrogen (secondary N) is 6. The van der Waals surface area contributed by atoms with E-state index in [9.17, 15) is 28.8 Å². The smallest absolute Gasteiger partial charge is 0.246 e. The van der Waals surface area contributed by atoms with Gasteiger partial charge in [0.2, 0.25) is 35.4 Å². The van der Waals surface area contributed by atoms with Crippen molar-refractivity contribution in [3.63, 3.8) is 0 Å². The van der Waals surface area contributed by atoms with E-state index in [1.165, 1.54) is 0 Å². The molecule has 2 aromatic rings. The lowest BCUT2D eigenvalue weighted by Crippen LogP contribution is -2.58. The number of rotatable bonds is 18. The summed E-state index contributed by atoms with van der Waals surface area (Å²) < 4.78 is 12.0. The van der Waals surface area contributed by atoms with Crippen molar-refractivity contribution in [1.82, 2.24) is 41.7 Å². The Bertz CT molecular complexity index is 2140. The fraction of sp³-hybridized carbons (Fsp3) is 0.577. The van der Waals surface area contributed by atoms with Gasteiger partial charge in [-0.05, 0) is 98.9 Å². The van der Waals surface area contributed by atoms with Crippen molar-refractivity contribution in [1.29, 1.82) is 0 Å². The highest BCUT2D eigenvalue weighted by Gasteiger charge is 2.56. The standard InChI is InChI=1S/C52H70N8O8S2/c1-33(53-7)45(61)55-37-23-27-69-41-29-51(3,4)43(59(41)49(37)65)47(63)57-39(35-19-13-11-14-20-35)31-67-25-17-9-10-18-26-68-32-40(36-21-15-12-16-22-36)58-48(64)44-52(5,6)30-42-60(44)50(66)38(24-28-70-42)56-46(62)34(2)54-8/h11-16,19-22,33-34,37-44,53-54H,23-32H2,1-8H3,(H,55,61)(H,56,62)(H,57,63)(H,58,64)/t33-,34-,37-,38-,39+,40+,41-,42-,43+,44+/m0/s1. The van der Waals surface area contributed by atoms with E-state index >= 15 is 0 Å². The predicted molar refractivity (Wildman–Crippen MR) is 273 cm³/mol. The van der Waals surface area contributed by atoms with Gasteiger partial charge in [-0.3, -0.25) is 28.8 Å². The molecule has 70 heavy (non-hydrogen) atoms. The zero-order valence-corrected chi connectivity index (χ0v) is 43.2. The highest BCUT2D eigenvalue weighted by molar-refractivity contribution is 8.00. The summed E-state index contributed by atoms with van der Waals surface area (Å²) in [5.74, 6) is 11.2. The summed E-state index contributed by atoms with van der Waals surface area (Å²) in [6.45, 7) is 11.8. The van der Waals surface area contributed by atoms with Gasteiger partial charge in [-0.2, -0.15) is 0 Å². The number of benzene rings is 2. The van der Waals surface area contributed by atoms with Crippen molar-refractivity contribution < 1.29 is 38.2 Å². The molecule has 4 saturated heterocycles. The molecule has 18 heteroatoms. The number of hydrogen-bond acceptors (Lipinski definition) is 12. The van der Waals surface area contributed by atoms with E-state index in [4.69, 9.17) is 9.47 Å². The number of ether oxygens (including phenoxy) is 2. The van der Waals surface area contributed by atoms with E-state index in [0.717, 1.165) is 11.1 Å². The van der Waals surface area contributed by atoms with Crippen LogP contribution in [0.15, 0.2) is 60.7 Å². The van der Waals surface area contributed by atoms with Crippen LogP contribution in [0.3, 0.4) is 0 Å². The largest absolute Gasteiger partial charge is 0.366 e. The van der Waals surface area contributed by atoms with Gasteiger partial charge in [0.1, 0.15) is 37.4 Å². The first-order chi connectivity index (χ1) is 33.5. The van der Waals surface area contributed by atoms with Gasteiger partial charge in [0.15, 0.2) is 0 Å². The van der Waals surface area contributed by atoms with Crippen molar-refractivity contribution >= 4 is 59.0 Å². The van der Waals surface area contributed by atoms with Gasteiger partial charge in [0.25, 0.3) is 0 Å². The van der Waals surface area contributed by atoms with Crippen LogP contribution in [0.25, 0.3) is 0 Å².